The number of thioether (sulfide) groups is 1. The molecule has 4 fully saturated rings. The molecule has 9 nitrogen and oxygen atoms in total. The molecule has 7 atom stereocenters. The summed E-state index contributed by atoms with van der Waals surface area (Å²) in [5, 5.41) is 13.3. The molecule has 2 amide bonds. The highest BCUT2D eigenvalue weighted by Crippen LogP contribution is 2.69. The second-order valence-corrected chi connectivity index (χ2v) is 11.8. The van der Waals surface area contributed by atoms with Crippen LogP contribution in [0.1, 0.15) is 34.1 Å². The van der Waals surface area contributed by atoms with E-state index in [1.807, 2.05) is 13.8 Å². The molecule has 0 radical (unpaired) electrons. The van der Waals surface area contributed by atoms with Gasteiger partial charge in [-0.05, 0) is 25.2 Å². The maximum absolute atomic E-state index is 14.0. The lowest BCUT2D eigenvalue weighted by Gasteiger charge is -2.41. The maximum Gasteiger partial charge on any atom is 0.310 e. The fourth-order valence-corrected chi connectivity index (χ4v) is 8.90. The number of ether oxygens (including phenoxy) is 2. The van der Waals surface area contributed by atoms with Crippen molar-refractivity contribution in [2.75, 3.05) is 52.6 Å². The molecule has 4 aliphatic heterocycles. The fraction of sp³-hybridized carbons (Fsp3) is 0.875. The first-order chi connectivity index (χ1) is 16.3. The SMILES string of the molecule is CCOC(=O)[C@@H]1[C@@H]2CC(C)C3(S2)C(C(=O)NCCN2CCOCC2)N([C@@H](CO)C(C)C)C(=O)[C@H]13. The number of morpholine rings is 1. The van der Waals surface area contributed by atoms with Crippen LogP contribution in [-0.2, 0) is 23.9 Å². The quantitative estimate of drug-likeness (QED) is 0.440. The molecule has 0 aliphatic carbocycles. The van der Waals surface area contributed by atoms with E-state index in [2.05, 4.69) is 17.1 Å². The minimum Gasteiger partial charge on any atom is -0.466 e. The number of rotatable bonds is 9. The number of nitrogens with one attached hydrogen (secondary N) is 1. The second kappa shape index (κ2) is 10.3. The van der Waals surface area contributed by atoms with Crippen molar-refractivity contribution in [3.63, 3.8) is 0 Å². The van der Waals surface area contributed by atoms with Crippen LogP contribution in [-0.4, -0.2) is 107 Å². The van der Waals surface area contributed by atoms with Gasteiger partial charge in [0.25, 0.3) is 0 Å². The Bertz CT molecular complexity index is 791. The first-order valence-electron chi connectivity index (χ1n) is 12.6. The van der Waals surface area contributed by atoms with Gasteiger partial charge < -0.3 is 24.8 Å². The van der Waals surface area contributed by atoms with Crippen LogP contribution in [0.15, 0.2) is 0 Å². The van der Waals surface area contributed by atoms with Crippen LogP contribution in [0, 0.1) is 23.7 Å². The number of esters is 1. The molecule has 192 valence electrons. The van der Waals surface area contributed by atoms with Gasteiger partial charge in [0.05, 0.1) is 49.1 Å². The summed E-state index contributed by atoms with van der Waals surface area (Å²) in [6, 6.07) is -1.21. The third-order valence-corrected chi connectivity index (χ3v) is 10.2. The van der Waals surface area contributed by atoms with Gasteiger partial charge in [0.2, 0.25) is 11.8 Å². The molecule has 34 heavy (non-hydrogen) atoms. The smallest absolute Gasteiger partial charge is 0.310 e. The van der Waals surface area contributed by atoms with E-state index in [9.17, 15) is 19.5 Å². The van der Waals surface area contributed by atoms with Gasteiger partial charge in [0.1, 0.15) is 6.04 Å². The van der Waals surface area contributed by atoms with Crippen molar-refractivity contribution in [3.05, 3.63) is 0 Å². The normalized spacial score (nSPS) is 36.1. The number of carbonyl (C=O) groups excluding carboxylic acids is 3. The van der Waals surface area contributed by atoms with Gasteiger partial charge in [-0.1, -0.05) is 20.8 Å². The fourth-order valence-electron chi connectivity index (χ4n) is 6.50. The molecule has 1 spiro atoms. The topological polar surface area (TPSA) is 108 Å². The number of hydrogen-bond acceptors (Lipinski definition) is 8. The highest BCUT2D eigenvalue weighted by atomic mass is 32.2. The van der Waals surface area contributed by atoms with E-state index in [1.54, 1.807) is 23.6 Å². The number of hydrogen-bond donors (Lipinski definition) is 2. The average molecular weight is 498 g/mol. The van der Waals surface area contributed by atoms with Crippen molar-refractivity contribution < 1.29 is 29.0 Å². The Hall–Kier alpha value is -1.36. The molecule has 2 N–H and O–H groups in total. The van der Waals surface area contributed by atoms with E-state index in [-0.39, 0.29) is 48.1 Å². The number of aliphatic hydroxyl groups excluding tert-OH is 1. The number of nitrogens with zero attached hydrogens (tertiary/aromatic N) is 2. The number of amides is 2. The number of fused-ring (bicyclic) bond motifs is 1. The first-order valence-corrected chi connectivity index (χ1v) is 13.5. The molecule has 2 bridgehead atoms. The zero-order valence-corrected chi connectivity index (χ0v) is 21.5. The van der Waals surface area contributed by atoms with Crippen LogP contribution in [0.25, 0.3) is 0 Å². The molecule has 4 saturated heterocycles. The van der Waals surface area contributed by atoms with Crippen LogP contribution in [0.2, 0.25) is 0 Å². The second-order valence-electron chi connectivity index (χ2n) is 10.3. The predicted molar refractivity (Wildman–Crippen MR) is 128 cm³/mol. The summed E-state index contributed by atoms with van der Waals surface area (Å²) in [5.41, 5.74) is 0. The Labute approximate surface area is 206 Å². The monoisotopic (exact) mass is 497 g/mol. The molecule has 4 aliphatic rings. The molecular formula is C24H39N3O6S. The van der Waals surface area contributed by atoms with Crippen LogP contribution in [0.3, 0.4) is 0 Å². The Kier molecular flexibility index (Phi) is 7.81. The summed E-state index contributed by atoms with van der Waals surface area (Å²) >= 11 is 1.63. The Morgan fingerprint density at radius 2 is 2.03 bits per heavy atom. The third-order valence-electron chi connectivity index (χ3n) is 8.14. The van der Waals surface area contributed by atoms with Crippen LogP contribution >= 0.6 is 11.8 Å². The molecule has 10 heteroatoms. The molecule has 0 aromatic carbocycles. The molecular weight excluding hydrogens is 458 g/mol. The van der Waals surface area contributed by atoms with E-state index in [0.29, 0.717) is 19.8 Å². The molecule has 0 aromatic heterocycles. The zero-order chi connectivity index (χ0) is 24.6. The summed E-state index contributed by atoms with van der Waals surface area (Å²) in [5.74, 6) is -1.82. The first kappa shape index (κ1) is 25.7. The Balaban J connectivity index is 1.63. The van der Waals surface area contributed by atoms with E-state index in [1.165, 1.54) is 0 Å². The van der Waals surface area contributed by atoms with Crippen molar-refractivity contribution in [2.24, 2.45) is 23.7 Å². The van der Waals surface area contributed by atoms with Crippen LogP contribution in [0.5, 0.6) is 0 Å². The summed E-state index contributed by atoms with van der Waals surface area (Å²) in [6.45, 7) is 12.1. The van der Waals surface area contributed by atoms with Crippen molar-refractivity contribution >= 4 is 29.5 Å². The highest BCUT2D eigenvalue weighted by Gasteiger charge is 2.76. The predicted octanol–water partition coefficient (Wildman–Crippen LogP) is 0.352. The van der Waals surface area contributed by atoms with Gasteiger partial charge in [-0.2, -0.15) is 0 Å². The number of likely N-dealkylation sites (tertiary alicyclic amines) is 1. The Morgan fingerprint density at radius 1 is 1.32 bits per heavy atom. The van der Waals surface area contributed by atoms with Gasteiger partial charge in [-0.3, -0.25) is 19.3 Å². The van der Waals surface area contributed by atoms with E-state index < -0.39 is 28.7 Å². The third kappa shape index (κ3) is 4.14. The van der Waals surface area contributed by atoms with Gasteiger partial charge in [0, 0.05) is 31.4 Å². The van der Waals surface area contributed by atoms with E-state index >= 15 is 0 Å². The lowest BCUT2D eigenvalue weighted by atomic mass is 9.66. The zero-order valence-electron chi connectivity index (χ0n) is 20.7. The molecule has 0 aromatic rings. The van der Waals surface area contributed by atoms with Crippen LogP contribution < -0.4 is 5.32 Å². The van der Waals surface area contributed by atoms with Crippen molar-refractivity contribution in [2.45, 2.75) is 56.2 Å². The number of aliphatic hydroxyl groups is 1. The molecule has 4 rings (SSSR count). The van der Waals surface area contributed by atoms with Gasteiger partial charge in [-0.25, -0.2) is 0 Å². The van der Waals surface area contributed by atoms with Gasteiger partial charge in [-0.15, -0.1) is 11.8 Å². The maximum atomic E-state index is 14.0. The minimum atomic E-state index is -0.723. The van der Waals surface area contributed by atoms with Crippen molar-refractivity contribution in [3.8, 4) is 0 Å². The van der Waals surface area contributed by atoms with Crippen molar-refractivity contribution in [1.82, 2.24) is 15.1 Å². The molecule has 4 heterocycles. The largest absolute Gasteiger partial charge is 0.466 e. The highest BCUT2D eigenvalue weighted by molar-refractivity contribution is 8.02. The summed E-state index contributed by atoms with van der Waals surface area (Å²) in [7, 11) is 0. The summed E-state index contributed by atoms with van der Waals surface area (Å²) < 4.78 is 10.1. The van der Waals surface area contributed by atoms with E-state index in [0.717, 1.165) is 26.1 Å². The lowest BCUT2D eigenvalue weighted by molar-refractivity contribution is -0.154. The number of carbonyl (C=O) groups is 3. The minimum absolute atomic E-state index is 0.0274. The average Bonchev–Trinajstić information content (AvgIpc) is 3.39. The summed E-state index contributed by atoms with van der Waals surface area (Å²) in [4.78, 5) is 44.6. The van der Waals surface area contributed by atoms with Crippen molar-refractivity contribution in [1.29, 1.82) is 0 Å². The van der Waals surface area contributed by atoms with Gasteiger partial charge in [0.15, 0.2) is 0 Å². The lowest BCUT2D eigenvalue weighted by Crippen LogP contribution is -2.59. The Morgan fingerprint density at radius 3 is 2.65 bits per heavy atom. The summed E-state index contributed by atoms with van der Waals surface area (Å²) in [6.07, 6.45) is 0.773. The molecule has 3 unspecified atom stereocenters. The molecule has 0 saturated carbocycles. The van der Waals surface area contributed by atoms with Gasteiger partial charge >= 0.3 is 5.97 Å². The standard InChI is InChI=1S/C24H39N3O6S/c1-5-33-23(31)18-17-12-15(4)24(34-17)19(18)22(30)27(16(13-28)14(2)3)20(24)21(29)25-6-7-26-8-10-32-11-9-26/h14-20,28H,5-13H2,1-4H3,(H,25,29)/t15?,16-,17-,18+,19-,20?,24?/m0/s1. The van der Waals surface area contributed by atoms with Crippen LogP contribution in [0.4, 0.5) is 0 Å². The van der Waals surface area contributed by atoms with E-state index in [4.69, 9.17) is 9.47 Å².